The van der Waals surface area contributed by atoms with Gasteiger partial charge in [0.25, 0.3) is 0 Å². The number of isocyanates is 1. The third-order valence-electron chi connectivity index (χ3n) is 1.97. The SMILES string of the molecule is O=C=NC(F)(F)c1cc2c(cc1Br)OCO2. The first-order chi connectivity index (χ1) is 7.54. The molecule has 0 N–H and O–H groups in total. The number of benzene rings is 1. The van der Waals surface area contributed by atoms with Crippen LogP contribution >= 0.6 is 15.9 Å². The van der Waals surface area contributed by atoms with Gasteiger partial charge >= 0.3 is 6.05 Å². The number of nitrogens with zero attached hydrogens (tertiary/aromatic N) is 1. The number of aliphatic imine (C=N–C) groups is 1. The summed E-state index contributed by atoms with van der Waals surface area (Å²) in [5, 5.41) is 0. The molecular formula is C9H4BrF2NO3. The van der Waals surface area contributed by atoms with Gasteiger partial charge in [-0.15, -0.1) is 4.99 Å². The normalized spacial score (nSPS) is 13.4. The van der Waals surface area contributed by atoms with Crippen molar-refractivity contribution in [1.82, 2.24) is 0 Å². The molecule has 2 rings (SSSR count). The van der Waals surface area contributed by atoms with Crippen LogP contribution in [0.25, 0.3) is 0 Å². The van der Waals surface area contributed by atoms with Crippen LogP contribution in [0.5, 0.6) is 11.5 Å². The Morgan fingerprint density at radius 3 is 2.62 bits per heavy atom. The van der Waals surface area contributed by atoms with Crippen LogP contribution in [0.2, 0.25) is 0 Å². The van der Waals surface area contributed by atoms with E-state index in [9.17, 15) is 13.6 Å². The first kappa shape index (κ1) is 11.0. The van der Waals surface area contributed by atoms with Gasteiger partial charge in [0.1, 0.15) is 0 Å². The smallest absolute Gasteiger partial charge is 0.380 e. The molecule has 0 aliphatic carbocycles. The van der Waals surface area contributed by atoms with Gasteiger partial charge in [-0.1, -0.05) is 15.9 Å². The Bertz CT molecular complexity index is 486. The number of hydrogen-bond acceptors (Lipinski definition) is 4. The highest BCUT2D eigenvalue weighted by atomic mass is 79.9. The monoisotopic (exact) mass is 291 g/mol. The Morgan fingerprint density at radius 1 is 1.38 bits per heavy atom. The summed E-state index contributed by atoms with van der Waals surface area (Å²) in [5.74, 6) is 0.556. The fourth-order valence-corrected chi connectivity index (χ4v) is 1.83. The average molecular weight is 292 g/mol. The molecule has 7 heteroatoms. The van der Waals surface area contributed by atoms with E-state index in [1.165, 1.54) is 6.07 Å². The highest BCUT2D eigenvalue weighted by molar-refractivity contribution is 9.10. The molecule has 0 spiro atoms. The van der Waals surface area contributed by atoms with Gasteiger partial charge in [0.15, 0.2) is 11.5 Å². The van der Waals surface area contributed by atoms with Crippen molar-refractivity contribution >= 4 is 22.0 Å². The van der Waals surface area contributed by atoms with Crippen LogP contribution in [0.1, 0.15) is 5.56 Å². The zero-order valence-electron chi connectivity index (χ0n) is 7.67. The van der Waals surface area contributed by atoms with Crippen molar-refractivity contribution in [3.63, 3.8) is 0 Å². The lowest BCUT2D eigenvalue weighted by Gasteiger charge is -2.11. The Kier molecular flexibility index (Phi) is 2.65. The second-order valence-electron chi connectivity index (χ2n) is 2.93. The molecule has 0 atom stereocenters. The van der Waals surface area contributed by atoms with E-state index in [1.54, 1.807) is 0 Å². The van der Waals surface area contributed by atoms with Crippen LogP contribution in [0.4, 0.5) is 8.78 Å². The molecule has 0 amide bonds. The van der Waals surface area contributed by atoms with Gasteiger partial charge in [-0.05, 0) is 12.1 Å². The van der Waals surface area contributed by atoms with Gasteiger partial charge in [0, 0.05) is 4.47 Å². The first-order valence-corrected chi connectivity index (χ1v) is 4.90. The zero-order valence-corrected chi connectivity index (χ0v) is 9.25. The molecular weight excluding hydrogens is 288 g/mol. The maximum atomic E-state index is 13.3. The topological polar surface area (TPSA) is 47.9 Å². The predicted octanol–water partition coefficient (Wildman–Crippen LogP) is 2.56. The minimum atomic E-state index is -3.64. The molecule has 0 saturated carbocycles. The van der Waals surface area contributed by atoms with Crippen molar-refractivity contribution < 1.29 is 23.0 Å². The summed E-state index contributed by atoms with van der Waals surface area (Å²) in [6, 6.07) is -1.22. The number of alkyl halides is 2. The second-order valence-corrected chi connectivity index (χ2v) is 3.78. The van der Waals surface area contributed by atoms with Crippen LogP contribution in [-0.2, 0) is 10.8 Å². The Morgan fingerprint density at radius 2 is 2.00 bits per heavy atom. The molecule has 0 fully saturated rings. The van der Waals surface area contributed by atoms with Crippen molar-refractivity contribution in [2.45, 2.75) is 6.05 Å². The van der Waals surface area contributed by atoms with Crippen LogP contribution in [0.3, 0.4) is 0 Å². The average Bonchev–Trinajstić information content (AvgIpc) is 2.63. The minimum absolute atomic E-state index is 0.0201. The van der Waals surface area contributed by atoms with E-state index in [0.29, 0.717) is 5.75 Å². The van der Waals surface area contributed by atoms with Gasteiger partial charge < -0.3 is 9.47 Å². The van der Waals surface area contributed by atoms with Crippen LogP contribution in [0.15, 0.2) is 21.6 Å². The summed E-state index contributed by atoms with van der Waals surface area (Å²) in [7, 11) is 0. The number of carbonyl (C=O) groups excluding carboxylic acids is 1. The Balaban J connectivity index is 2.53. The molecule has 84 valence electrons. The lowest BCUT2D eigenvalue weighted by Crippen LogP contribution is -2.10. The van der Waals surface area contributed by atoms with E-state index in [2.05, 4.69) is 20.9 Å². The molecule has 16 heavy (non-hydrogen) atoms. The van der Waals surface area contributed by atoms with E-state index in [1.807, 2.05) is 0 Å². The molecule has 4 nitrogen and oxygen atoms in total. The van der Waals surface area contributed by atoms with Gasteiger partial charge in [-0.25, -0.2) is 4.79 Å². The van der Waals surface area contributed by atoms with E-state index in [4.69, 9.17) is 9.47 Å². The van der Waals surface area contributed by atoms with Gasteiger partial charge in [-0.3, -0.25) is 0 Å². The van der Waals surface area contributed by atoms with Crippen molar-refractivity contribution in [1.29, 1.82) is 0 Å². The summed E-state index contributed by atoms with van der Waals surface area (Å²) >= 11 is 2.95. The summed E-state index contributed by atoms with van der Waals surface area (Å²) in [4.78, 5) is 12.3. The van der Waals surface area contributed by atoms with Crippen molar-refractivity contribution in [3.05, 3.63) is 22.2 Å². The fourth-order valence-electron chi connectivity index (χ4n) is 1.27. The molecule has 1 aliphatic heterocycles. The zero-order chi connectivity index (χ0) is 11.8. The lowest BCUT2D eigenvalue weighted by atomic mass is 10.1. The lowest BCUT2D eigenvalue weighted by molar-refractivity contribution is 0.00524. The van der Waals surface area contributed by atoms with Crippen LogP contribution in [0, 0.1) is 0 Å². The van der Waals surface area contributed by atoms with Crippen molar-refractivity contribution in [2.24, 2.45) is 4.99 Å². The molecule has 1 aliphatic rings. The third-order valence-corrected chi connectivity index (χ3v) is 2.63. The van der Waals surface area contributed by atoms with E-state index < -0.39 is 11.6 Å². The van der Waals surface area contributed by atoms with Crippen LogP contribution in [-0.4, -0.2) is 12.9 Å². The number of rotatable bonds is 2. The molecule has 1 aromatic carbocycles. The Hall–Kier alpha value is -1.46. The summed E-state index contributed by atoms with van der Waals surface area (Å²) in [5.41, 5.74) is -0.472. The number of hydrogen-bond donors (Lipinski definition) is 0. The quantitative estimate of drug-likeness (QED) is 0.478. The molecule has 0 saturated heterocycles. The summed E-state index contributed by atoms with van der Waals surface area (Å²) < 4.78 is 36.7. The van der Waals surface area contributed by atoms with Gasteiger partial charge in [0.05, 0.1) is 5.56 Å². The number of fused-ring (bicyclic) bond motifs is 1. The van der Waals surface area contributed by atoms with Crippen molar-refractivity contribution in [3.8, 4) is 11.5 Å². The largest absolute Gasteiger partial charge is 0.454 e. The van der Waals surface area contributed by atoms with Crippen molar-refractivity contribution in [2.75, 3.05) is 6.79 Å². The van der Waals surface area contributed by atoms with E-state index in [0.717, 1.165) is 12.1 Å². The maximum Gasteiger partial charge on any atom is 0.380 e. The first-order valence-electron chi connectivity index (χ1n) is 4.11. The van der Waals surface area contributed by atoms with E-state index in [-0.39, 0.29) is 17.0 Å². The maximum absolute atomic E-state index is 13.3. The highest BCUT2D eigenvalue weighted by Crippen LogP contribution is 2.42. The van der Waals surface area contributed by atoms with Crippen LogP contribution < -0.4 is 9.47 Å². The number of ether oxygens (including phenoxy) is 2. The standard InChI is InChI=1S/C9H4BrF2NO3/c10-6-2-8-7(15-4-16-8)1-5(6)9(11,12)13-3-14/h1-2H,4H2. The fraction of sp³-hybridized carbons (Fsp3) is 0.222. The molecule has 1 aromatic rings. The molecule has 0 aromatic heterocycles. The summed E-state index contributed by atoms with van der Waals surface area (Å²) in [6.45, 7) is -0.0201. The molecule has 1 heterocycles. The second kappa shape index (κ2) is 3.84. The van der Waals surface area contributed by atoms with E-state index >= 15 is 0 Å². The van der Waals surface area contributed by atoms with Gasteiger partial charge in [-0.2, -0.15) is 8.78 Å². The minimum Gasteiger partial charge on any atom is -0.454 e. The molecule has 0 unspecified atom stereocenters. The highest BCUT2D eigenvalue weighted by Gasteiger charge is 2.35. The summed E-state index contributed by atoms with van der Waals surface area (Å²) in [6.07, 6.45) is 0.833. The Labute approximate surface area is 97.0 Å². The molecule has 0 radical (unpaired) electrons. The molecule has 0 bridgehead atoms. The third kappa shape index (κ3) is 1.79. The number of halogens is 3. The van der Waals surface area contributed by atoms with Gasteiger partial charge in [0.2, 0.25) is 12.9 Å². The predicted molar refractivity (Wildman–Crippen MR) is 52.3 cm³/mol.